The van der Waals surface area contributed by atoms with Gasteiger partial charge in [0.1, 0.15) is 5.69 Å². The van der Waals surface area contributed by atoms with Crippen LogP contribution < -0.4 is 0 Å². The molecule has 1 aromatic rings. The minimum atomic E-state index is 0.118. The van der Waals surface area contributed by atoms with E-state index in [4.69, 9.17) is 0 Å². The van der Waals surface area contributed by atoms with Crippen LogP contribution in [0.5, 0.6) is 0 Å². The van der Waals surface area contributed by atoms with Crippen molar-refractivity contribution < 1.29 is 4.79 Å². The highest BCUT2D eigenvalue weighted by Crippen LogP contribution is 2.27. The Hall–Kier alpha value is -0.940. The summed E-state index contributed by atoms with van der Waals surface area (Å²) in [7, 11) is 0. The van der Waals surface area contributed by atoms with Gasteiger partial charge in [-0.1, -0.05) is 13.8 Å². The molecule has 5 heteroatoms. The minimum absolute atomic E-state index is 0.118. The Morgan fingerprint density at radius 3 is 2.71 bits per heavy atom. The SMILES string of the molecule is CC(C)c1nc(C(=O)N2C[C@H](N3CCCC3)C[C@H]2C)cs1. The van der Waals surface area contributed by atoms with E-state index < -0.39 is 0 Å². The topological polar surface area (TPSA) is 36.4 Å². The predicted octanol–water partition coefficient (Wildman–Crippen LogP) is 2.97. The third kappa shape index (κ3) is 2.99. The van der Waals surface area contributed by atoms with Crippen LogP contribution in [0.1, 0.15) is 61.4 Å². The van der Waals surface area contributed by atoms with Gasteiger partial charge in [0.15, 0.2) is 0 Å². The average molecular weight is 307 g/mol. The third-order valence-corrected chi connectivity index (χ3v) is 5.85. The molecular formula is C16H25N3OS. The molecule has 0 bridgehead atoms. The number of thiazole rings is 1. The average Bonchev–Trinajstić information content (AvgIpc) is 3.18. The molecular weight excluding hydrogens is 282 g/mol. The largest absolute Gasteiger partial charge is 0.333 e. The van der Waals surface area contributed by atoms with Gasteiger partial charge in [-0.15, -0.1) is 11.3 Å². The molecule has 2 atom stereocenters. The molecule has 3 heterocycles. The monoisotopic (exact) mass is 307 g/mol. The maximum atomic E-state index is 12.7. The number of amides is 1. The fourth-order valence-electron chi connectivity index (χ4n) is 3.46. The predicted molar refractivity (Wildman–Crippen MR) is 85.9 cm³/mol. The van der Waals surface area contributed by atoms with Crippen LogP contribution in [0, 0.1) is 0 Å². The smallest absolute Gasteiger partial charge is 0.273 e. The van der Waals surface area contributed by atoms with Crippen molar-refractivity contribution >= 4 is 17.2 Å². The van der Waals surface area contributed by atoms with Gasteiger partial charge >= 0.3 is 0 Å². The highest BCUT2D eigenvalue weighted by molar-refractivity contribution is 7.09. The van der Waals surface area contributed by atoms with E-state index in [1.54, 1.807) is 11.3 Å². The number of hydrogen-bond acceptors (Lipinski definition) is 4. The second-order valence-corrected chi connectivity index (χ2v) is 7.55. The van der Waals surface area contributed by atoms with E-state index in [2.05, 4.69) is 30.7 Å². The molecule has 0 spiro atoms. The second kappa shape index (κ2) is 6.05. The van der Waals surface area contributed by atoms with Gasteiger partial charge in [0.25, 0.3) is 5.91 Å². The quantitative estimate of drug-likeness (QED) is 0.861. The summed E-state index contributed by atoms with van der Waals surface area (Å²) >= 11 is 1.60. The molecule has 0 saturated carbocycles. The van der Waals surface area contributed by atoms with Gasteiger partial charge in [-0.2, -0.15) is 0 Å². The van der Waals surface area contributed by atoms with Crippen LogP contribution in [0.15, 0.2) is 5.38 Å². The van der Waals surface area contributed by atoms with E-state index in [1.165, 1.54) is 25.9 Å². The molecule has 2 aliphatic rings. The van der Waals surface area contributed by atoms with E-state index in [0.29, 0.717) is 23.7 Å². The zero-order chi connectivity index (χ0) is 15.0. The summed E-state index contributed by atoms with van der Waals surface area (Å²) in [6.07, 6.45) is 3.72. The Balaban J connectivity index is 1.69. The summed E-state index contributed by atoms with van der Waals surface area (Å²) in [5.41, 5.74) is 0.637. The first-order valence-electron chi connectivity index (χ1n) is 8.06. The Bertz CT molecular complexity index is 507. The summed E-state index contributed by atoms with van der Waals surface area (Å²) in [4.78, 5) is 21.8. The van der Waals surface area contributed by atoms with Crippen molar-refractivity contribution in [3.63, 3.8) is 0 Å². The molecule has 4 nitrogen and oxygen atoms in total. The molecule has 0 aromatic carbocycles. The van der Waals surface area contributed by atoms with Gasteiger partial charge in [-0.25, -0.2) is 4.98 Å². The molecule has 0 N–H and O–H groups in total. The van der Waals surface area contributed by atoms with Crippen LogP contribution in [0.3, 0.4) is 0 Å². The summed E-state index contributed by atoms with van der Waals surface area (Å²) in [6.45, 7) is 9.68. The van der Waals surface area contributed by atoms with Crippen molar-refractivity contribution in [3.8, 4) is 0 Å². The lowest BCUT2D eigenvalue weighted by Gasteiger charge is -2.23. The molecule has 21 heavy (non-hydrogen) atoms. The van der Waals surface area contributed by atoms with E-state index in [0.717, 1.165) is 18.0 Å². The molecule has 0 radical (unpaired) electrons. The van der Waals surface area contributed by atoms with Crippen molar-refractivity contribution in [1.82, 2.24) is 14.8 Å². The zero-order valence-electron chi connectivity index (χ0n) is 13.2. The Kier molecular flexibility index (Phi) is 4.31. The molecule has 0 aliphatic carbocycles. The van der Waals surface area contributed by atoms with E-state index in [-0.39, 0.29) is 5.91 Å². The van der Waals surface area contributed by atoms with Crippen LogP contribution in [-0.4, -0.2) is 52.4 Å². The van der Waals surface area contributed by atoms with Gasteiger partial charge in [-0.05, 0) is 39.3 Å². The van der Waals surface area contributed by atoms with Gasteiger partial charge in [0.05, 0.1) is 5.01 Å². The first-order chi connectivity index (χ1) is 10.1. The Morgan fingerprint density at radius 1 is 1.38 bits per heavy atom. The maximum absolute atomic E-state index is 12.7. The Morgan fingerprint density at radius 2 is 2.10 bits per heavy atom. The zero-order valence-corrected chi connectivity index (χ0v) is 14.0. The number of likely N-dealkylation sites (tertiary alicyclic amines) is 2. The first-order valence-corrected chi connectivity index (χ1v) is 8.94. The normalized spacial score (nSPS) is 27.0. The van der Waals surface area contributed by atoms with Gasteiger partial charge in [0, 0.05) is 29.9 Å². The second-order valence-electron chi connectivity index (χ2n) is 6.66. The van der Waals surface area contributed by atoms with Crippen molar-refractivity contribution in [3.05, 3.63) is 16.1 Å². The Labute approximate surface area is 131 Å². The summed E-state index contributed by atoms with van der Waals surface area (Å²) < 4.78 is 0. The lowest BCUT2D eigenvalue weighted by molar-refractivity contribution is 0.0732. The fourth-order valence-corrected chi connectivity index (χ4v) is 4.26. The first kappa shape index (κ1) is 15.0. The molecule has 1 aromatic heterocycles. The number of nitrogens with zero attached hydrogens (tertiary/aromatic N) is 3. The van der Waals surface area contributed by atoms with Crippen LogP contribution in [-0.2, 0) is 0 Å². The van der Waals surface area contributed by atoms with E-state index >= 15 is 0 Å². The minimum Gasteiger partial charge on any atom is -0.333 e. The third-order valence-electron chi connectivity index (χ3n) is 4.71. The number of aromatic nitrogens is 1. The van der Waals surface area contributed by atoms with Crippen LogP contribution in [0.25, 0.3) is 0 Å². The molecule has 116 valence electrons. The number of hydrogen-bond donors (Lipinski definition) is 0. The van der Waals surface area contributed by atoms with Gasteiger partial charge in [-0.3, -0.25) is 9.69 Å². The van der Waals surface area contributed by atoms with Crippen molar-refractivity contribution in [2.75, 3.05) is 19.6 Å². The molecule has 2 fully saturated rings. The van der Waals surface area contributed by atoms with Crippen molar-refractivity contribution in [2.45, 2.75) is 58.0 Å². The standard InChI is InChI=1S/C16H25N3OS/c1-11(2)15-17-14(10-21-15)16(20)19-9-13(8-12(19)3)18-6-4-5-7-18/h10-13H,4-9H2,1-3H3/t12-,13-/m1/s1. The van der Waals surface area contributed by atoms with E-state index in [1.807, 2.05) is 10.3 Å². The van der Waals surface area contributed by atoms with Crippen molar-refractivity contribution in [2.24, 2.45) is 0 Å². The van der Waals surface area contributed by atoms with E-state index in [9.17, 15) is 4.79 Å². The summed E-state index contributed by atoms with van der Waals surface area (Å²) in [6, 6.07) is 0.877. The highest BCUT2D eigenvalue weighted by Gasteiger charge is 2.37. The number of carbonyl (C=O) groups is 1. The molecule has 1 amide bonds. The van der Waals surface area contributed by atoms with Crippen LogP contribution in [0.2, 0.25) is 0 Å². The fraction of sp³-hybridized carbons (Fsp3) is 0.750. The molecule has 3 rings (SSSR count). The summed E-state index contributed by atoms with van der Waals surface area (Å²) in [5.74, 6) is 0.511. The molecule has 2 aliphatic heterocycles. The van der Waals surface area contributed by atoms with Gasteiger partial charge < -0.3 is 4.90 Å². The van der Waals surface area contributed by atoms with Crippen molar-refractivity contribution in [1.29, 1.82) is 0 Å². The highest BCUT2D eigenvalue weighted by atomic mass is 32.1. The van der Waals surface area contributed by atoms with Crippen LogP contribution >= 0.6 is 11.3 Å². The lowest BCUT2D eigenvalue weighted by Crippen LogP contribution is -2.38. The lowest BCUT2D eigenvalue weighted by atomic mass is 10.2. The molecule has 0 unspecified atom stereocenters. The number of carbonyl (C=O) groups excluding carboxylic acids is 1. The molecule has 2 saturated heterocycles. The maximum Gasteiger partial charge on any atom is 0.273 e. The number of rotatable bonds is 3. The van der Waals surface area contributed by atoms with Gasteiger partial charge in [0.2, 0.25) is 0 Å². The van der Waals surface area contributed by atoms with Crippen LogP contribution in [0.4, 0.5) is 0 Å². The summed E-state index contributed by atoms with van der Waals surface area (Å²) in [5, 5.41) is 2.98.